The van der Waals surface area contributed by atoms with Gasteiger partial charge in [-0.05, 0) is 20.2 Å². The van der Waals surface area contributed by atoms with Gasteiger partial charge in [-0.3, -0.25) is 9.59 Å². The number of aliphatic hydroxyl groups excluding tert-OH is 1. The van der Waals surface area contributed by atoms with E-state index in [2.05, 4.69) is 0 Å². The van der Waals surface area contributed by atoms with Gasteiger partial charge >= 0.3 is 0 Å². The summed E-state index contributed by atoms with van der Waals surface area (Å²) in [5.41, 5.74) is 1.24. The maximum Gasteiger partial charge on any atom is 0.295 e. The number of aliphatic hydroxyl groups is 1. The Morgan fingerprint density at radius 3 is 2.36 bits per heavy atom. The zero-order chi connectivity index (χ0) is 20.3. The Balaban J connectivity index is 2.18. The predicted octanol–water partition coefficient (Wildman–Crippen LogP) is 2.68. The fraction of sp³-hybridized carbons (Fsp3) is 0.273. The summed E-state index contributed by atoms with van der Waals surface area (Å²) in [5, 5.41) is 10.9. The Labute approximate surface area is 164 Å². The van der Waals surface area contributed by atoms with E-state index in [0.29, 0.717) is 30.0 Å². The van der Waals surface area contributed by atoms with Crippen LogP contribution in [0.1, 0.15) is 17.2 Å². The number of rotatable bonds is 6. The molecule has 1 heterocycles. The van der Waals surface area contributed by atoms with Gasteiger partial charge in [-0.25, -0.2) is 0 Å². The molecule has 3 rings (SSSR count). The number of nitrogens with zero attached hydrogens (tertiary/aromatic N) is 2. The minimum absolute atomic E-state index is 0.0828. The van der Waals surface area contributed by atoms with Gasteiger partial charge < -0.3 is 19.6 Å². The van der Waals surface area contributed by atoms with E-state index in [1.54, 1.807) is 37.4 Å². The molecule has 0 spiro atoms. The van der Waals surface area contributed by atoms with Crippen LogP contribution in [-0.4, -0.2) is 60.9 Å². The Hall–Kier alpha value is -3.12. The summed E-state index contributed by atoms with van der Waals surface area (Å²) in [5.74, 6) is -0.920. The topological polar surface area (TPSA) is 70.1 Å². The van der Waals surface area contributed by atoms with Crippen molar-refractivity contribution in [3.8, 4) is 5.75 Å². The molecule has 0 aliphatic carbocycles. The molecule has 146 valence electrons. The van der Waals surface area contributed by atoms with Gasteiger partial charge in [0, 0.05) is 24.2 Å². The molecular weight excluding hydrogens is 356 g/mol. The van der Waals surface area contributed by atoms with E-state index in [0.717, 1.165) is 0 Å². The Bertz CT molecular complexity index is 906. The molecule has 28 heavy (non-hydrogen) atoms. The van der Waals surface area contributed by atoms with Crippen LogP contribution in [0.25, 0.3) is 5.76 Å². The smallest absolute Gasteiger partial charge is 0.295 e. The molecule has 1 aliphatic heterocycles. The van der Waals surface area contributed by atoms with Crippen molar-refractivity contribution in [1.82, 2.24) is 9.80 Å². The lowest BCUT2D eigenvalue weighted by Crippen LogP contribution is -2.35. The minimum Gasteiger partial charge on any atom is -0.507 e. The summed E-state index contributed by atoms with van der Waals surface area (Å²) in [7, 11) is 5.35. The predicted molar refractivity (Wildman–Crippen MR) is 107 cm³/mol. The Morgan fingerprint density at radius 2 is 1.71 bits per heavy atom. The summed E-state index contributed by atoms with van der Waals surface area (Å²) in [6, 6.07) is 15.3. The number of Topliss-reactive ketones (excluding diaryl/α,β-unsaturated/α-hetero) is 1. The molecule has 1 fully saturated rings. The first-order valence-corrected chi connectivity index (χ1v) is 9.07. The molecule has 2 aromatic carbocycles. The summed E-state index contributed by atoms with van der Waals surface area (Å²) in [6.07, 6.45) is 0. The number of methoxy groups -OCH3 is 1. The van der Waals surface area contributed by atoms with Gasteiger partial charge in [0.1, 0.15) is 11.5 Å². The standard InChI is InChI=1S/C22H24N2O4/c1-23(2)13-14-24-19(16-11-7-8-12-17(16)28-3)18(21(26)22(24)27)20(25)15-9-5-4-6-10-15/h4-12,19,25H,13-14H2,1-3H3/t19-/m0/s1. The van der Waals surface area contributed by atoms with E-state index in [1.807, 2.05) is 43.3 Å². The number of hydrogen-bond donors (Lipinski definition) is 1. The molecule has 2 aromatic rings. The van der Waals surface area contributed by atoms with Crippen LogP contribution in [0.2, 0.25) is 0 Å². The Morgan fingerprint density at radius 1 is 1.07 bits per heavy atom. The van der Waals surface area contributed by atoms with Crippen LogP contribution >= 0.6 is 0 Å². The lowest BCUT2D eigenvalue weighted by atomic mass is 9.94. The second kappa shape index (κ2) is 8.27. The number of ketones is 1. The first kappa shape index (κ1) is 19.6. The van der Waals surface area contributed by atoms with Gasteiger partial charge in [-0.2, -0.15) is 0 Å². The van der Waals surface area contributed by atoms with Crippen LogP contribution in [-0.2, 0) is 9.59 Å². The maximum absolute atomic E-state index is 12.9. The summed E-state index contributed by atoms with van der Waals surface area (Å²) >= 11 is 0. The fourth-order valence-corrected chi connectivity index (χ4v) is 3.39. The number of likely N-dealkylation sites (N-methyl/N-ethyl adjacent to an activating group) is 1. The molecular formula is C22H24N2O4. The number of amides is 1. The van der Waals surface area contributed by atoms with Crippen LogP contribution in [0.5, 0.6) is 5.75 Å². The van der Waals surface area contributed by atoms with E-state index in [4.69, 9.17) is 4.74 Å². The first-order chi connectivity index (χ1) is 13.5. The summed E-state index contributed by atoms with van der Waals surface area (Å²) in [6.45, 7) is 0.940. The van der Waals surface area contributed by atoms with Crippen molar-refractivity contribution in [2.45, 2.75) is 6.04 Å². The maximum atomic E-state index is 12.9. The average Bonchev–Trinajstić information content (AvgIpc) is 2.96. The highest BCUT2D eigenvalue weighted by molar-refractivity contribution is 6.46. The molecule has 1 atom stereocenters. The van der Waals surface area contributed by atoms with Crippen LogP contribution in [0, 0.1) is 0 Å². The van der Waals surface area contributed by atoms with Crippen molar-refractivity contribution in [2.75, 3.05) is 34.3 Å². The number of ether oxygens (including phenoxy) is 1. The highest BCUT2D eigenvalue weighted by Crippen LogP contribution is 2.42. The fourth-order valence-electron chi connectivity index (χ4n) is 3.39. The number of carbonyl (C=O) groups excluding carboxylic acids is 2. The normalized spacial score (nSPS) is 18.7. The molecule has 1 N–H and O–H groups in total. The third kappa shape index (κ3) is 3.64. The second-order valence-electron chi connectivity index (χ2n) is 6.90. The summed E-state index contributed by atoms with van der Waals surface area (Å²) in [4.78, 5) is 29.2. The van der Waals surface area contributed by atoms with Crippen molar-refractivity contribution in [2.24, 2.45) is 0 Å². The monoisotopic (exact) mass is 380 g/mol. The Kier molecular flexibility index (Phi) is 5.80. The van der Waals surface area contributed by atoms with Gasteiger partial charge in [-0.1, -0.05) is 48.5 Å². The third-order valence-electron chi connectivity index (χ3n) is 4.81. The van der Waals surface area contributed by atoms with Gasteiger partial charge in [0.05, 0.1) is 18.7 Å². The van der Waals surface area contributed by atoms with Crippen LogP contribution in [0.15, 0.2) is 60.2 Å². The molecule has 1 amide bonds. The average molecular weight is 380 g/mol. The molecule has 0 saturated carbocycles. The van der Waals surface area contributed by atoms with Crippen LogP contribution < -0.4 is 4.74 Å². The van der Waals surface area contributed by atoms with Gasteiger partial charge in [0.15, 0.2) is 0 Å². The second-order valence-corrected chi connectivity index (χ2v) is 6.90. The van der Waals surface area contributed by atoms with Crippen molar-refractivity contribution in [1.29, 1.82) is 0 Å². The van der Waals surface area contributed by atoms with E-state index < -0.39 is 17.7 Å². The minimum atomic E-state index is -0.712. The molecule has 1 saturated heterocycles. The lowest BCUT2D eigenvalue weighted by Gasteiger charge is -2.27. The quantitative estimate of drug-likeness (QED) is 0.474. The number of benzene rings is 2. The van der Waals surface area contributed by atoms with Crippen LogP contribution in [0.3, 0.4) is 0 Å². The number of carbonyl (C=O) groups is 2. The van der Waals surface area contributed by atoms with Crippen LogP contribution in [0.4, 0.5) is 0 Å². The SMILES string of the molecule is COc1ccccc1[C@H]1C(=C(O)c2ccccc2)C(=O)C(=O)N1CCN(C)C. The highest BCUT2D eigenvalue weighted by atomic mass is 16.5. The molecule has 6 heteroatoms. The molecule has 0 aromatic heterocycles. The zero-order valence-corrected chi connectivity index (χ0v) is 16.3. The largest absolute Gasteiger partial charge is 0.507 e. The molecule has 0 radical (unpaired) electrons. The van der Waals surface area contributed by atoms with E-state index in [-0.39, 0.29) is 11.3 Å². The highest BCUT2D eigenvalue weighted by Gasteiger charge is 2.46. The molecule has 1 aliphatic rings. The van der Waals surface area contributed by atoms with Gasteiger partial charge in [0.25, 0.3) is 11.7 Å². The number of para-hydroxylation sites is 1. The molecule has 6 nitrogen and oxygen atoms in total. The van der Waals surface area contributed by atoms with Gasteiger partial charge in [-0.15, -0.1) is 0 Å². The van der Waals surface area contributed by atoms with Gasteiger partial charge in [0.2, 0.25) is 0 Å². The van der Waals surface area contributed by atoms with Crippen molar-refractivity contribution in [3.05, 3.63) is 71.3 Å². The molecule has 0 unspecified atom stereocenters. The van der Waals surface area contributed by atoms with E-state index >= 15 is 0 Å². The van der Waals surface area contributed by atoms with Crippen molar-refractivity contribution >= 4 is 17.4 Å². The third-order valence-corrected chi connectivity index (χ3v) is 4.81. The van der Waals surface area contributed by atoms with Crippen molar-refractivity contribution in [3.63, 3.8) is 0 Å². The first-order valence-electron chi connectivity index (χ1n) is 9.07. The summed E-state index contributed by atoms with van der Waals surface area (Å²) < 4.78 is 5.47. The number of likely N-dealkylation sites (tertiary alicyclic amines) is 1. The molecule has 0 bridgehead atoms. The van der Waals surface area contributed by atoms with E-state index in [1.165, 1.54) is 4.90 Å². The van der Waals surface area contributed by atoms with Crippen molar-refractivity contribution < 1.29 is 19.4 Å². The van der Waals surface area contributed by atoms with E-state index in [9.17, 15) is 14.7 Å². The number of hydrogen-bond acceptors (Lipinski definition) is 5. The lowest BCUT2D eigenvalue weighted by molar-refractivity contribution is -0.140. The zero-order valence-electron chi connectivity index (χ0n) is 16.3.